The number of methoxy groups -OCH3 is 1. The Balaban J connectivity index is 1.81. The minimum Gasteiger partial charge on any atom is -0.493 e. The molecule has 1 aliphatic rings. The molecule has 19 heavy (non-hydrogen) atoms. The molecule has 1 heterocycles. The van der Waals surface area contributed by atoms with Crippen LogP contribution in [0, 0.1) is 0 Å². The van der Waals surface area contributed by atoms with E-state index in [1.165, 1.54) is 7.11 Å². The largest absolute Gasteiger partial charge is 0.493 e. The Bertz CT molecular complexity index is 475. The number of carbonyl (C=O) groups excluding carboxylic acids is 2. The third-order valence-corrected chi connectivity index (χ3v) is 2.77. The van der Waals surface area contributed by atoms with Gasteiger partial charge in [-0.2, -0.15) is 0 Å². The monoisotopic (exact) mass is 264 g/mol. The van der Waals surface area contributed by atoms with E-state index in [0.29, 0.717) is 24.5 Å². The molecule has 2 amide bonds. The van der Waals surface area contributed by atoms with Crippen LogP contribution in [0.3, 0.4) is 0 Å². The molecule has 1 fully saturated rings. The van der Waals surface area contributed by atoms with E-state index >= 15 is 0 Å². The van der Waals surface area contributed by atoms with E-state index in [1.807, 2.05) is 6.07 Å². The number of carbonyl (C=O) groups is 2. The second kappa shape index (κ2) is 6.08. The minimum absolute atomic E-state index is 0.0454. The Morgan fingerprint density at radius 2 is 2.16 bits per heavy atom. The van der Waals surface area contributed by atoms with Crippen molar-refractivity contribution in [2.45, 2.75) is 12.5 Å². The highest BCUT2D eigenvalue weighted by Crippen LogP contribution is 2.25. The first kappa shape index (κ1) is 13.2. The molecular formula is C13H16N2O4. The molecule has 0 radical (unpaired) electrons. The molecule has 0 spiro atoms. The maximum absolute atomic E-state index is 11.7. The van der Waals surface area contributed by atoms with Crippen LogP contribution in [0.5, 0.6) is 11.5 Å². The van der Waals surface area contributed by atoms with E-state index in [4.69, 9.17) is 9.47 Å². The molecule has 1 saturated heterocycles. The summed E-state index contributed by atoms with van der Waals surface area (Å²) in [5, 5.41) is 5.38. The van der Waals surface area contributed by atoms with Crippen LogP contribution < -0.4 is 20.1 Å². The van der Waals surface area contributed by atoms with Crippen LogP contribution >= 0.6 is 0 Å². The van der Waals surface area contributed by atoms with Crippen molar-refractivity contribution in [1.82, 2.24) is 10.6 Å². The highest BCUT2D eigenvalue weighted by molar-refractivity contribution is 5.82. The number of para-hydroxylation sites is 2. The zero-order valence-corrected chi connectivity index (χ0v) is 10.6. The molecule has 1 aromatic carbocycles. The molecule has 1 aliphatic heterocycles. The van der Waals surface area contributed by atoms with E-state index in [0.717, 1.165) is 0 Å². The normalized spacial score (nSPS) is 17.7. The van der Waals surface area contributed by atoms with Crippen molar-refractivity contribution < 1.29 is 19.1 Å². The number of ether oxygens (including phenoxy) is 2. The fourth-order valence-electron chi connectivity index (χ4n) is 1.86. The van der Waals surface area contributed by atoms with E-state index in [2.05, 4.69) is 10.6 Å². The van der Waals surface area contributed by atoms with E-state index in [9.17, 15) is 9.59 Å². The van der Waals surface area contributed by atoms with Crippen LogP contribution in [-0.2, 0) is 9.59 Å². The summed E-state index contributed by atoms with van der Waals surface area (Å²) in [6.45, 7) is 0.365. The van der Waals surface area contributed by atoms with Crippen molar-refractivity contribution in [2.24, 2.45) is 0 Å². The average molecular weight is 264 g/mol. The average Bonchev–Trinajstić information content (AvgIpc) is 2.82. The van der Waals surface area contributed by atoms with Gasteiger partial charge in [-0.15, -0.1) is 0 Å². The van der Waals surface area contributed by atoms with Gasteiger partial charge in [-0.25, -0.2) is 0 Å². The summed E-state index contributed by atoms with van der Waals surface area (Å²) < 4.78 is 10.5. The first-order chi connectivity index (χ1) is 9.19. The van der Waals surface area contributed by atoms with Crippen molar-refractivity contribution in [3.05, 3.63) is 24.3 Å². The first-order valence-corrected chi connectivity index (χ1v) is 6.01. The Labute approximate surface area is 111 Å². The van der Waals surface area contributed by atoms with Gasteiger partial charge in [0.05, 0.1) is 13.2 Å². The van der Waals surface area contributed by atoms with Crippen molar-refractivity contribution in [1.29, 1.82) is 0 Å². The predicted molar refractivity (Wildman–Crippen MR) is 68.0 cm³/mol. The Morgan fingerprint density at radius 1 is 1.42 bits per heavy atom. The van der Waals surface area contributed by atoms with Gasteiger partial charge in [0.2, 0.25) is 5.91 Å². The Hall–Kier alpha value is -2.24. The van der Waals surface area contributed by atoms with Gasteiger partial charge in [-0.3, -0.25) is 9.59 Å². The van der Waals surface area contributed by atoms with Crippen molar-refractivity contribution in [3.8, 4) is 11.5 Å². The molecule has 0 unspecified atom stereocenters. The molecule has 2 rings (SSSR count). The molecule has 0 saturated carbocycles. The lowest BCUT2D eigenvalue weighted by Gasteiger charge is -2.12. The standard InChI is InChI=1S/C13H16N2O4/c1-18-10-4-2-3-5-11(10)19-8-13(17)15-9-6-12(16)14-7-9/h2-5,9H,6-8H2,1H3,(H,14,16)(H,15,17)/t9-/m1/s1. The van der Waals surface area contributed by atoms with Gasteiger partial charge in [0.1, 0.15) is 0 Å². The molecule has 6 nitrogen and oxygen atoms in total. The van der Waals surface area contributed by atoms with Crippen LogP contribution in [0.25, 0.3) is 0 Å². The fraction of sp³-hybridized carbons (Fsp3) is 0.385. The van der Waals surface area contributed by atoms with Crippen molar-refractivity contribution in [2.75, 3.05) is 20.3 Å². The number of hydrogen-bond acceptors (Lipinski definition) is 4. The third-order valence-electron chi connectivity index (χ3n) is 2.77. The number of hydrogen-bond donors (Lipinski definition) is 2. The lowest BCUT2D eigenvalue weighted by molar-refractivity contribution is -0.123. The Kier molecular flexibility index (Phi) is 4.22. The van der Waals surface area contributed by atoms with Crippen molar-refractivity contribution in [3.63, 3.8) is 0 Å². The van der Waals surface area contributed by atoms with Crippen LogP contribution in [-0.4, -0.2) is 38.1 Å². The number of benzene rings is 1. The molecule has 0 bridgehead atoms. The summed E-state index contributed by atoms with van der Waals surface area (Å²) in [7, 11) is 1.54. The maximum atomic E-state index is 11.7. The molecule has 1 aromatic rings. The summed E-state index contributed by atoms with van der Waals surface area (Å²) in [6.07, 6.45) is 0.320. The van der Waals surface area contributed by atoms with Gasteiger partial charge >= 0.3 is 0 Å². The highest BCUT2D eigenvalue weighted by atomic mass is 16.5. The second-order valence-corrected chi connectivity index (χ2v) is 4.21. The quantitative estimate of drug-likeness (QED) is 0.789. The molecule has 102 valence electrons. The summed E-state index contributed by atoms with van der Waals surface area (Å²) in [5.41, 5.74) is 0. The van der Waals surface area contributed by atoms with Gasteiger partial charge in [-0.1, -0.05) is 12.1 Å². The molecule has 0 aromatic heterocycles. The van der Waals surface area contributed by atoms with Crippen LogP contribution in [0.15, 0.2) is 24.3 Å². The molecule has 0 aliphatic carbocycles. The Morgan fingerprint density at radius 3 is 2.79 bits per heavy atom. The lowest BCUT2D eigenvalue weighted by atomic mass is 10.2. The smallest absolute Gasteiger partial charge is 0.258 e. The van der Waals surface area contributed by atoms with Crippen LogP contribution in [0.4, 0.5) is 0 Å². The fourth-order valence-corrected chi connectivity index (χ4v) is 1.86. The molecule has 2 N–H and O–H groups in total. The van der Waals surface area contributed by atoms with Gasteiger partial charge in [-0.05, 0) is 12.1 Å². The van der Waals surface area contributed by atoms with Gasteiger partial charge in [0, 0.05) is 13.0 Å². The number of amides is 2. The van der Waals surface area contributed by atoms with Gasteiger partial charge in [0.15, 0.2) is 18.1 Å². The lowest BCUT2D eigenvalue weighted by Crippen LogP contribution is -2.39. The number of nitrogens with one attached hydrogen (secondary N) is 2. The van der Waals surface area contributed by atoms with Gasteiger partial charge < -0.3 is 20.1 Å². The van der Waals surface area contributed by atoms with E-state index < -0.39 is 0 Å². The zero-order valence-electron chi connectivity index (χ0n) is 10.6. The summed E-state index contributed by atoms with van der Waals surface area (Å²) in [4.78, 5) is 22.7. The molecular weight excluding hydrogens is 248 g/mol. The number of rotatable bonds is 5. The van der Waals surface area contributed by atoms with Crippen molar-refractivity contribution >= 4 is 11.8 Å². The highest BCUT2D eigenvalue weighted by Gasteiger charge is 2.22. The SMILES string of the molecule is COc1ccccc1OCC(=O)N[C@H]1CNC(=O)C1. The molecule has 1 atom stereocenters. The second-order valence-electron chi connectivity index (χ2n) is 4.21. The summed E-state index contributed by atoms with van der Waals surface area (Å²) in [6, 6.07) is 6.96. The van der Waals surface area contributed by atoms with Crippen LogP contribution in [0.1, 0.15) is 6.42 Å². The first-order valence-electron chi connectivity index (χ1n) is 6.01. The van der Waals surface area contributed by atoms with Crippen LogP contribution in [0.2, 0.25) is 0 Å². The van der Waals surface area contributed by atoms with Gasteiger partial charge in [0.25, 0.3) is 5.91 Å². The zero-order chi connectivity index (χ0) is 13.7. The molecule has 6 heteroatoms. The minimum atomic E-state index is -0.257. The third kappa shape index (κ3) is 3.61. The van der Waals surface area contributed by atoms with E-state index in [-0.39, 0.29) is 24.5 Å². The maximum Gasteiger partial charge on any atom is 0.258 e. The summed E-state index contributed by atoms with van der Waals surface area (Å²) >= 11 is 0. The van der Waals surface area contributed by atoms with E-state index in [1.54, 1.807) is 18.2 Å². The topological polar surface area (TPSA) is 76.7 Å². The predicted octanol–water partition coefficient (Wildman–Crippen LogP) is 0.0787. The summed E-state index contributed by atoms with van der Waals surface area (Å²) in [5.74, 6) is 0.789.